The Balaban J connectivity index is 2.90. The fourth-order valence-corrected chi connectivity index (χ4v) is 2.64. The van der Waals surface area contributed by atoms with Gasteiger partial charge in [-0.05, 0) is 20.8 Å². The van der Waals surface area contributed by atoms with Gasteiger partial charge in [0, 0.05) is 24.7 Å². The molecule has 0 aromatic rings. The van der Waals surface area contributed by atoms with Crippen LogP contribution in [0.4, 0.5) is 0 Å². The molecule has 0 aromatic carbocycles. The highest BCUT2D eigenvalue weighted by Gasteiger charge is 2.43. The third kappa shape index (κ3) is 3.24. The molecule has 1 rings (SSSR count). The number of ether oxygens (including phenoxy) is 1. The molecule has 0 aliphatic carbocycles. The van der Waals surface area contributed by atoms with Crippen LogP contribution in [0.2, 0.25) is 0 Å². The van der Waals surface area contributed by atoms with Gasteiger partial charge in [-0.3, -0.25) is 4.79 Å². The second kappa shape index (κ2) is 5.46. The molecule has 5 nitrogen and oxygen atoms in total. The van der Waals surface area contributed by atoms with Crippen molar-refractivity contribution in [1.29, 1.82) is 0 Å². The van der Waals surface area contributed by atoms with Crippen LogP contribution in [0.3, 0.4) is 0 Å². The van der Waals surface area contributed by atoms with E-state index in [4.69, 9.17) is 4.74 Å². The van der Waals surface area contributed by atoms with Crippen LogP contribution in [0.15, 0.2) is 0 Å². The summed E-state index contributed by atoms with van der Waals surface area (Å²) in [4.78, 5) is 13.9. The molecule has 7 heteroatoms. The number of carbonyl (C=O) groups is 1. The summed E-state index contributed by atoms with van der Waals surface area (Å²) in [7, 11) is -3.44. The van der Waals surface area contributed by atoms with Crippen molar-refractivity contribution in [3.8, 4) is 0 Å². The van der Waals surface area contributed by atoms with Gasteiger partial charge < -0.3 is 9.64 Å². The lowest BCUT2D eigenvalue weighted by Crippen LogP contribution is -2.57. The molecule has 1 aliphatic rings. The molecule has 106 valence electrons. The van der Waals surface area contributed by atoms with E-state index >= 15 is 0 Å². The van der Waals surface area contributed by atoms with E-state index in [9.17, 15) is 13.2 Å². The second-order valence-electron chi connectivity index (χ2n) is 5.22. The maximum atomic E-state index is 12.3. The second-order valence-corrected chi connectivity index (χ2v) is 8.43. The van der Waals surface area contributed by atoms with Crippen molar-refractivity contribution in [2.45, 2.75) is 37.7 Å². The van der Waals surface area contributed by atoms with Gasteiger partial charge >= 0.3 is 0 Å². The number of alkyl halides is 1. The van der Waals surface area contributed by atoms with Crippen LogP contribution in [0.25, 0.3) is 0 Å². The van der Waals surface area contributed by atoms with Crippen LogP contribution in [0, 0.1) is 0 Å². The molecular weight excluding hydrogens is 322 g/mol. The lowest BCUT2D eigenvalue weighted by Gasteiger charge is -2.39. The molecule has 0 spiro atoms. The van der Waals surface area contributed by atoms with E-state index in [1.165, 1.54) is 13.8 Å². The van der Waals surface area contributed by atoms with E-state index in [2.05, 4.69) is 15.9 Å². The van der Waals surface area contributed by atoms with Crippen molar-refractivity contribution in [2.75, 3.05) is 24.7 Å². The van der Waals surface area contributed by atoms with Crippen LogP contribution < -0.4 is 0 Å². The number of morpholine rings is 1. The first kappa shape index (κ1) is 15.9. The zero-order valence-corrected chi connectivity index (χ0v) is 13.5. The Morgan fingerprint density at radius 3 is 2.44 bits per heavy atom. The predicted octanol–water partition coefficient (Wildman–Crippen LogP) is 0.820. The summed E-state index contributed by atoms with van der Waals surface area (Å²) in [5, 5.41) is 0.625. The summed E-state index contributed by atoms with van der Waals surface area (Å²) in [6.07, 6.45) is 0.921. The minimum Gasteiger partial charge on any atom is -0.371 e. The van der Waals surface area contributed by atoms with E-state index in [-0.39, 0.29) is 18.1 Å². The molecule has 0 N–H and O–H groups in total. The molecule has 0 bridgehead atoms. The van der Waals surface area contributed by atoms with Gasteiger partial charge in [-0.25, -0.2) is 8.42 Å². The van der Waals surface area contributed by atoms with Crippen molar-refractivity contribution in [1.82, 2.24) is 4.90 Å². The Morgan fingerprint density at radius 1 is 1.44 bits per heavy atom. The molecule has 1 heterocycles. The summed E-state index contributed by atoms with van der Waals surface area (Å²) < 4.78 is 27.6. The number of halogens is 1. The first-order valence-electron chi connectivity index (χ1n) is 5.80. The molecule has 2 atom stereocenters. The summed E-state index contributed by atoms with van der Waals surface area (Å²) in [6, 6.07) is 0. The Bertz CT molecular complexity index is 421. The number of sulfone groups is 1. The van der Waals surface area contributed by atoms with Gasteiger partial charge in [-0.1, -0.05) is 15.9 Å². The fraction of sp³-hybridized carbons (Fsp3) is 0.909. The summed E-state index contributed by atoms with van der Waals surface area (Å²) in [6.45, 7) is 5.64. The van der Waals surface area contributed by atoms with E-state index in [0.717, 1.165) is 6.26 Å². The highest BCUT2D eigenvalue weighted by atomic mass is 79.9. The molecule has 0 radical (unpaired) electrons. The highest BCUT2D eigenvalue weighted by Crippen LogP contribution is 2.22. The van der Waals surface area contributed by atoms with Crippen molar-refractivity contribution in [2.24, 2.45) is 0 Å². The van der Waals surface area contributed by atoms with Gasteiger partial charge in [0.05, 0.1) is 12.2 Å². The number of hydrogen-bond donors (Lipinski definition) is 0. The predicted molar refractivity (Wildman–Crippen MR) is 73.6 cm³/mol. The minimum atomic E-state index is -3.44. The molecular formula is C11H20BrNO4S. The number of carbonyl (C=O) groups excluding carboxylic acids is 1. The van der Waals surface area contributed by atoms with Crippen LogP contribution in [0.1, 0.15) is 20.8 Å². The summed E-state index contributed by atoms with van der Waals surface area (Å²) >= 11 is 3.32. The molecule has 1 saturated heterocycles. The maximum Gasteiger partial charge on any atom is 0.243 e. The van der Waals surface area contributed by atoms with E-state index < -0.39 is 14.6 Å². The monoisotopic (exact) mass is 341 g/mol. The topological polar surface area (TPSA) is 63.7 Å². The first-order chi connectivity index (χ1) is 8.09. The third-order valence-electron chi connectivity index (χ3n) is 3.23. The van der Waals surface area contributed by atoms with Gasteiger partial charge in [0.15, 0.2) is 9.84 Å². The standard InChI is InChI=1S/C11H20BrNO4S/c1-8-6-13(7-9(5-12)17-8)10(14)11(2,3)18(4,15)16/h8-9H,5-7H2,1-4H3. The lowest BCUT2D eigenvalue weighted by atomic mass is 10.1. The van der Waals surface area contributed by atoms with Crippen molar-refractivity contribution < 1.29 is 17.9 Å². The van der Waals surface area contributed by atoms with Crippen LogP contribution in [0.5, 0.6) is 0 Å². The normalized spacial score (nSPS) is 26.2. The van der Waals surface area contributed by atoms with Crippen LogP contribution >= 0.6 is 15.9 Å². The van der Waals surface area contributed by atoms with Gasteiger partial charge in [0.1, 0.15) is 4.75 Å². The average molecular weight is 342 g/mol. The maximum absolute atomic E-state index is 12.3. The van der Waals surface area contributed by atoms with Crippen molar-refractivity contribution >= 4 is 31.7 Å². The molecule has 1 amide bonds. The highest BCUT2D eigenvalue weighted by molar-refractivity contribution is 9.09. The Kier molecular flexibility index (Phi) is 4.83. The zero-order valence-electron chi connectivity index (χ0n) is 11.1. The number of rotatable bonds is 3. The van der Waals surface area contributed by atoms with Gasteiger partial charge in [-0.2, -0.15) is 0 Å². The zero-order chi connectivity index (χ0) is 14.1. The number of amides is 1. The van der Waals surface area contributed by atoms with Crippen molar-refractivity contribution in [3.05, 3.63) is 0 Å². The molecule has 0 saturated carbocycles. The van der Waals surface area contributed by atoms with Gasteiger partial charge in [0.25, 0.3) is 0 Å². The molecule has 1 aliphatic heterocycles. The van der Waals surface area contributed by atoms with E-state index in [1.54, 1.807) is 4.90 Å². The number of hydrogen-bond acceptors (Lipinski definition) is 4. The average Bonchev–Trinajstić information content (AvgIpc) is 2.25. The van der Waals surface area contributed by atoms with Crippen LogP contribution in [-0.4, -0.2) is 60.9 Å². The van der Waals surface area contributed by atoms with Gasteiger partial charge in [0.2, 0.25) is 5.91 Å². The van der Waals surface area contributed by atoms with Crippen molar-refractivity contribution in [3.63, 3.8) is 0 Å². The molecule has 0 aromatic heterocycles. The Hall–Kier alpha value is -0.140. The smallest absolute Gasteiger partial charge is 0.243 e. The first-order valence-corrected chi connectivity index (χ1v) is 8.81. The Labute approximate surface area is 117 Å². The fourth-order valence-electron chi connectivity index (χ4n) is 1.84. The third-order valence-corrected chi connectivity index (χ3v) is 5.98. The molecule has 1 fully saturated rings. The molecule has 2 unspecified atom stereocenters. The van der Waals surface area contributed by atoms with Gasteiger partial charge in [-0.15, -0.1) is 0 Å². The molecule has 18 heavy (non-hydrogen) atoms. The summed E-state index contributed by atoms with van der Waals surface area (Å²) in [5.74, 6) is -0.355. The number of nitrogens with zero attached hydrogens (tertiary/aromatic N) is 1. The Morgan fingerprint density at radius 2 is 2.00 bits per heavy atom. The van der Waals surface area contributed by atoms with Crippen LogP contribution in [-0.2, 0) is 19.4 Å². The summed E-state index contributed by atoms with van der Waals surface area (Å²) in [5.41, 5.74) is 0. The van der Waals surface area contributed by atoms with E-state index in [0.29, 0.717) is 18.4 Å². The quantitative estimate of drug-likeness (QED) is 0.713. The largest absolute Gasteiger partial charge is 0.371 e. The van der Waals surface area contributed by atoms with E-state index in [1.807, 2.05) is 6.92 Å². The minimum absolute atomic E-state index is 0.0828. The lowest BCUT2D eigenvalue weighted by molar-refractivity contribution is -0.144. The SMILES string of the molecule is CC1CN(C(=O)C(C)(C)S(C)(=O)=O)CC(CBr)O1.